The first-order valence-electron chi connectivity index (χ1n) is 8.77. The lowest BCUT2D eigenvalue weighted by Gasteiger charge is -2.57. The van der Waals surface area contributed by atoms with E-state index in [-0.39, 0.29) is 16.3 Å². The van der Waals surface area contributed by atoms with Gasteiger partial charge in [0.2, 0.25) is 0 Å². The first-order chi connectivity index (χ1) is 10.8. The topological polar surface area (TPSA) is 32.3 Å². The molecule has 23 heavy (non-hydrogen) atoms. The summed E-state index contributed by atoms with van der Waals surface area (Å²) in [6.07, 6.45) is 5.00. The minimum Gasteiger partial charge on any atom is -0.298 e. The van der Waals surface area contributed by atoms with E-state index in [2.05, 4.69) is 47.0 Å². The second-order valence-electron chi connectivity index (χ2n) is 8.27. The maximum Gasteiger partial charge on any atom is 0.0976 e. The number of piperidine rings is 2. The molecule has 3 fully saturated rings. The third-order valence-corrected chi connectivity index (χ3v) is 7.28. The molecule has 2 heterocycles. The molecule has 128 valence electrons. The molecule has 2 saturated heterocycles. The molecule has 0 spiro atoms. The van der Waals surface area contributed by atoms with Crippen molar-refractivity contribution < 1.29 is 4.21 Å². The SMILES string of the molecule is CN1CC2CCC1([C@H](N[S@](=O)C(C)(C)C)c1ccccc1)CC2. The molecule has 1 N–H and O–H groups in total. The van der Waals surface area contributed by atoms with Gasteiger partial charge in [0.15, 0.2) is 0 Å². The Hall–Kier alpha value is -0.710. The maximum atomic E-state index is 12.9. The van der Waals surface area contributed by atoms with Crippen molar-refractivity contribution in [3.63, 3.8) is 0 Å². The predicted molar refractivity (Wildman–Crippen MR) is 97.5 cm³/mol. The summed E-state index contributed by atoms with van der Waals surface area (Å²) in [4.78, 5) is 2.54. The Kier molecular flexibility index (Phi) is 4.69. The van der Waals surface area contributed by atoms with Crippen LogP contribution in [0.2, 0.25) is 0 Å². The van der Waals surface area contributed by atoms with E-state index in [9.17, 15) is 4.21 Å². The van der Waals surface area contributed by atoms with Gasteiger partial charge in [-0.15, -0.1) is 0 Å². The molecule has 1 aromatic carbocycles. The number of hydrogen-bond acceptors (Lipinski definition) is 2. The smallest absolute Gasteiger partial charge is 0.0976 e. The van der Waals surface area contributed by atoms with Gasteiger partial charge >= 0.3 is 0 Å². The van der Waals surface area contributed by atoms with Crippen molar-refractivity contribution in [3.8, 4) is 0 Å². The highest BCUT2D eigenvalue weighted by atomic mass is 32.2. The molecule has 1 aromatic rings. The minimum atomic E-state index is -1.07. The number of rotatable bonds is 4. The Balaban J connectivity index is 1.96. The van der Waals surface area contributed by atoms with Crippen LogP contribution in [-0.2, 0) is 11.0 Å². The van der Waals surface area contributed by atoms with Crippen LogP contribution in [0.1, 0.15) is 58.1 Å². The van der Waals surface area contributed by atoms with Gasteiger partial charge in [0.1, 0.15) is 0 Å². The average Bonchev–Trinajstić information content (AvgIpc) is 2.53. The number of likely N-dealkylation sites (N-methyl/N-ethyl adjacent to an activating group) is 1. The van der Waals surface area contributed by atoms with Crippen LogP contribution < -0.4 is 4.72 Å². The van der Waals surface area contributed by atoms with Crippen molar-refractivity contribution in [3.05, 3.63) is 35.9 Å². The monoisotopic (exact) mass is 334 g/mol. The van der Waals surface area contributed by atoms with Crippen LogP contribution in [0.4, 0.5) is 0 Å². The summed E-state index contributed by atoms with van der Waals surface area (Å²) in [5, 5.41) is 0. The van der Waals surface area contributed by atoms with Crippen LogP contribution in [0, 0.1) is 5.92 Å². The number of nitrogens with zero attached hydrogens (tertiary/aromatic N) is 1. The van der Waals surface area contributed by atoms with E-state index >= 15 is 0 Å². The van der Waals surface area contributed by atoms with Gasteiger partial charge in [0.05, 0.1) is 21.8 Å². The lowest BCUT2D eigenvalue weighted by Crippen LogP contribution is -2.62. The summed E-state index contributed by atoms with van der Waals surface area (Å²) in [6.45, 7) is 7.29. The lowest BCUT2D eigenvalue weighted by atomic mass is 9.66. The van der Waals surface area contributed by atoms with Crippen LogP contribution in [0.5, 0.6) is 0 Å². The van der Waals surface area contributed by atoms with E-state index in [1.165, 1.54) is 37.8 Å². The number of fused-ring (bicyclic) bond motifs is 3. The summed E-state index contributed by atoms with van der Waals surface area (Å²) in [5.74, 6) is 0.853. The van der Waals surface area contributed by atoms with Crippen molar-refractivity contribution in [1.29, 1.82) is 0 Å². The largest absolute Gasteiger partial charge is 0.298 e. The van der Waals surface area contributed by atoms with Crippen LogP contribution in [0.3, 0.4) is 0 Å². The van der Waals surface area contributed by atoms with E-state index in [4.69, 9.17) is 0 Å². The van der Waals surface area contributed by atoms with Gasteiger partial charge in [-0.2, -0.15) is 0 Å². The van der Waals surface area contributed by atoms with Crippen LogP contribution in [0.25, 0.3) is 0 Å². The van der Waals surface area contributed by atoms with Gasteiger partial charge in [-0.05, 0) is 65.0 Å². The standard InChI is InChI=1S/C19H30N2OS/c1-18(2,3)23(22)20-17(16-8-6-5-7-9-16)19-12-10-15(11-13-19)14-21(19)4/h5-9,15,17,20H,10-14H2,1-4H3/t15?,17-,19?,23-/m1/s1. The third-order valence-electron chi connectivity index (χ3n) is 5.71. The number of hydrogen-bond donors (Lipinski definition) is 1. The first kappa shape index (κ1) is 17.1. The molecule has 3 aliphatic rings. The fraction of sp³-hybridized carbons (Fsp3) is 0.684. The Morgan fingerprint density at radius 3 is 2.35 bits per heavy atom. The fourth-order valence-electron chi connectivity index (χ4n) is 4.24. The number of benzene rings is 1. The highest BCUT2D eigenvalue weighted by molar-refractivity contribution is 7.84. The summed E-state index contributed by atoms with van der Waals surface area (Å²) in [5.41, 5.74) is 1.36. The van der Waals surface area contributed by atoms with E-state index in [0.717, 1.165) is 5.92 Å². The molecular weight excluding hydrogens is 304 g/mol. The van der Waals surface area contributed by atoms with Gasteiger partial charge in [-0.1, -0.05) is 30.3 Å². The molecule has 0 radical (unpaired) electrons. The summed E-state index contributed by atoms with van der Waals surface area (Å²) in [7, 11) is 1.18. The van der Waals surface area contributed by atoms with Gasteiger partial charge in [0, 0.05) is 12.1 Å². The quantitative estimate of drug-likeness (QED) is 0.911. The maximum absolute atomic E-state index is 12.9. The first-order valence-corrected chi connectivity index (χ1v) is 9.92. The molecule has 3 nitrogen and oxygen atoms in total. The highest BCUT2D eigenvalue weighted by Crippen LogP contribution is 2.49. The molecular formula is C19H30N2OS. The van der Waals surface area contributed by atoms with E-state index in [1.54, 1.807) is 0 Å². The van der Waals surface area contributed by atoms with Crippen molar-refractivity contribution in [2.24, 2.45) is 5.92 Å². The second-order valence-corrected chi connectivity index (χ2v) is 10.3. The van der Waals surface area contributed by atoms with Gasteiger partial charge in [-0.3, -0.25) is 4.90 Å². The molecule has 2 bridgehead atoms. The van der Waals surface area contributed by atoms with Crippen LogP contribution >= 0.6 is 0 Å². The summed E-state index contributed by atoms with van der Waals surface area (Å²) >= 11 is 0. The molecule has 4 heteroatoms. The molecule has 1 saturated carbocycles. The average molecular weight is 335 g/mol. The zero-order valence-electron chi connectivity index (χ0n) is 14.8. The Morgan fingerprint density at radius 2 is 1.83 bits per heavy atom. The summed E-state index contributed by atoms with van der Waals surface area (Å²) in [6, 6.07) is 10.7. The fourth-order valence-corrected chi connectivity index (χ4v) is 5.16. The zero-order chi connectivity index (χ0) is 16.7. The van der Waals surface area contributed by atoms with E-state index in [0.29, 0.717) is 0 Å². The second kappa shape index (κ2) is 6.30. The molecule has 0 aromatic heterocycles. The molecule has 0 amide bonds. The van der Waals surface area contributed by atoms with E-state index < -0.39 is 11.0 Å². The van der Waals surface area contributed by atoms with Crippen molar-refractivity contribution >= 4 is 11.0 Å². The van der Waals surface area contributed by atoms with Crippen LogP contribution in [-0.4, -0.2) is 33.0 Å². The van der Waals surface area contributed by atoms with Gasteiger partial charge in [0.25, 0.3) is 0 Å². The molecule has 0 unspecified atom stereocenters. The van der Waals surface area contributed by atoms with Crippen molar-refractivity contribution in [1.82, 2.24) is 9.62 Å². The number of nitrogens with one attached hydrogen (secondary N) is 1. The van der Waals surface area contributed by atoms with Crippen LogP contribution in [0.15, 0.2) is 30.3 Å². The molecule has 4 rings (SSSR count). The minimum absolute atomic E-state index is 0.0943. The Labute approximate surface area is 143 Å². The Morgan fingerprint density at radius 1 is 1.22 bits per heavy atom. The summed E-state index contributed by atoms with van der Waals surface area (Å²) < 4.78 is 16.1. The van der Waals surface area contributed by atoms with Crippen molar-refractivity contribution in [2.75, 3.05) is 13.6 Å². The molecule has 2 atom stereocenters. The lowest BCUT2D eigenvalue weighted by molar-refractivity contribution is -0.0369. The van der Waals surface area contributed by atoms with Gasteiger partial charge < -0.3 is 0 Å². The zero-order valence-corrected chi connectivity index (χ0v) is 15.7. The highest BCUT2D eigenvalue weighted by Gasteiger charge is 2.50. The normalized spacial score (nSPS) is 31.0. The van der Waals surface area contributed by atoms with E-state index in [1.807, 2.05) is 20.8 Å². The molecule has 2 aliphatic heterocycles. The van der Waals surface area contributed by atoms with Gasteiger partial charge in [-0.25, -0.2) is 8.93 Å². The Bertz CT molecular complexity index is 558. The molecule has 1 aliphatic carbocycles. The third kappa shape index (κ3) is 3.26. The van der Waals surface area contributed by atoms with Crippen molar-refractivity contribution in [2.45, 2.75) is 62.8 Å². The predicted octanol–water partition coefficient (Wildman–Crippen LogP) is 3.65.